The van der Waals surface area contributed by atoms with Crippen LogP contribution in [0.2, 0.25) is 0 Å². The third-order valence-corrected chi connectivity index (χ3v) is 5.16. The van der Waals surface area contributed by atoms with Crippen LogP contribution < -0.4 is 4.90 Å². The van der Waals surface area contributed by atoms with Gasteiger partial charge in [-0.1, -0.05) is 19.9 Å². The highest BCUT2D eigenvalue weighted by molar-refractivity contribution is 5.79. The molecule has 1 aromatic heterocycles. The van der Waals surface area contributed by atoms with Gasteiger partial charge in [0.05, 0.1) is 0 Å². The number of amides is 1. The lowest BCUT2D eigenvalue weighted by molar-refractivity contribution is -0.141. The summed E-state index contributed by atoms with van der Waals surface area (Å²) in [5, 5.41) is 0. The minimum absolute atomic E-state index is 0.0237. The fourth-order valence-corrected chi connectivity index (χ4v) is 3.89. The third kappa shape index (κ3) is 3.90. The number of carbonyl (C=O) groups excluding carboxylic acids is 1. The molecule has 0 N–H and O–H groups in total. The molecule has 4 nitrogen and oxygen atoms in total. The van der Waals surface area contributed by atoms with Crippen molar-refractivity contribution in [2.45, 2.75) is 39.3 Å². The second-order valence-electron chi connectivity index (χ2n) is 7.71. The number of rotatable bonds is 3. The van der Waals surface area contributed by atoms with Crippen molar-refractivity contribution in [1.82, 2.24) is 9.88 Å². The zero-order valence-corrected chi connectivity index (χ0v) is 14.6. The van der Waals surface area contributed by atoms with Gasteiger partial charge in [-0.15, -0.1) is 0 Å². The van der Waals surface area contributed by atoms with Crippen molar-refractivity contribution < 1.29 is 18.0 Å². The largest absolute Gasteiger partial charge is 0.433 e. The lowest BCUT2D eigenvalue weighted by atomic mass is 9.77. The minimum Gasteiger partial charge on any atom is -0.357 e. The Bertz CT molecular complexity index is 637. The normalized spacial score (nSPS) is 20.8. The van der Waals surface area contributed by atoms with Crippen molar-refractivity contribution in [3.05, 3.63) is 23.9 Å². The summed E-state index contributed by atoms with van der Waals surface area (Å²) in [6.07, 6.45) is -2.25. The number of likely N-dealkylation sites (tertiary alicyclic amines) is 1. The van der Waals surface area contributed by atoms with Crippen LogP contribution in [0.3, 0.4) is 0 Å². The predicted molar refractivity (Wildman–Crippen MR) is 89.2 cm³/mol. The summed E-state index contributed by atoms with van der Waals surface area (Å²) in [7, 11) is 0. The average Bonchev–Trinajstić information content (AvgIpc) is 2.82. The topological polar surface area (TPSA) is 36.4 Å². The Labute approximate surface area is 146 Å². The van der Waals surface area contributed by atoms with Crippen molar-refractivity contribution >= 4 is 11.7 Å². The molecule has 2 fully saturated rings. The van der Waals surface area contributed by atoms with Crippen molar-refractivity contribution in [1.29, 1.82) is 0 Å². The van der Waals surface area contributed by atoms with E-state index in [9.17, 15) is 18.0 Å². The predicted octanol–water partition coefficient (Wildman–Crippen LogP) is 3.58. The Morgan fingerprint density at radius 2 is 1.92 bits per heavy atom. The van der Waals surface area contributed by atoms with Crippen LogP contribution >= 0.6 is 0 Å². The second-order valence-corrected chi connectivity index (χ2v) is 7.71. The Morgan fingerprint density at radius 3 is 2.52 bits per heavy atom. The number of piperidine rings is 1. The maximum atomic E-state index is 12.8. The van der Waals surface area contributed by atoms with E-state index in [1.807, 2.05) is 9.80 Å². The molecule has 138 valence electrons. The fourth-order valence-electron chi connectivity index (χ4n) is 3.89. The molecule has 1 amide bonds. The molecule has 0 radical (unpaired) electrons. The quantitative estimate of drug-likeness (QED) is 0.832. The molecular formula is C18H24F3N3O. The Balaban J connectivity index is 1.66. The molecule has 0 aromatic carbocycles. The molecule has 3 rings (SSSR count). The van der Waals surface area contributed by atoms with Crippen molar-refractivity contribution in [3.63, 3.8) is 0 Å². The summed E-state index contributed by atoms with van der Waals surface area (Å²) in [6.45, 7) is 7.02. The first kappa shape index (κ1) is 18.0. The third-order valence-electron chi connectivity index (χ3n) is 5.16. The Kier molecular flexibility index (Phi) is 4.68. The number of nitrogens with zero attached hydrogens (tertiary/aromatic N) is 3. The van der Waals surface area contributed by atoms with E-state index in [0.717, 1.165) is 32.0 Å². The van der Waals surface area contributed by atoms with Crippen molar-refractivity contribution in [3.8, 4) is 0 Å². The van der Waals surface area contributed by atoms with Gasteiger partial charge in [-0.2, -0.15) is 13.2 Å². The average molecular weight is 355 g/mol. The number of aromatic nitrogens is 1. The summed E-state index contributed by atoms with van der Waals surface area (Å²) in [5.41, 5.74) is -0.881. The van der Waals surface area contributed by atoms with Gasteiger partial charge in [0, 0.05) is 38.0 Å². The molecular weight excluding hydrogens is 331 g/mol. The van der Waals surface area contributed by atoms with E-state index in [1.165, 1.54) is 6.07 Å². The highest BCUT2D eigenvalue weighted by atomic mass is 19.4. The molecule has 1 aromatic rings. The zero-order chi connectivity index (χ0) is 18.2. The van der Waals surface area contributed by atoms with Crippen LogP contribution in [0, 0.1) is 11.3 Å². The molecule has 0 atom stereocenters. The number of anilines is 1. The molecule has 0 bridgehead atoms. The molecule has 3 heterocycles. The highest BCUT2D eigenvalue weighted by Gasteiger charge is 2.45. The number of hydrogen-bond acceptors (Lipinski definition) is 3. The highest BCUT2D eigenvalue weighted by Crippen LogP contribution is 2.42. The number of halogens is 3. The maximum absolute atomic E-state index is 12.8. The standard InChI is InChI=1S/C18H24F3N3O/c1-13(2)11-24-12-17(10-16(24)25)6-8-23(9-7-17)15-5-3-4-14(22-15)18(19,20)21/h3-5,13H,6-12H2,1-2H3. The monoisotopic (exact) mass is 355 g/mol. The van der Waals surface area contributed by atoms with Crippen LogP contribution in [0.4, 0.5) is 19.0 Å². The molecule has 2 aliphatic heterocycles. The van der Waals surface area contributed by atoms with Gasteiger partial charge < -0.3 is 9.80 Å². The molecule has 2 saturated heterocycles. The van der Waals surface area contributed by atoms with Gasteiger partial charge in [0.1, 0.15) is 11.5 Å². The molecule has 2 aliphatic rings. The van der Waals surface area contributed by atoms with E-state index >= 15 is 0 Å². The van der Waals surface area contributed by atoms with E-state index in [-0.39, 0.29) is 11.3 Å². The van der Waals surface area contributed by atoms with Crippen molar-refractivity contribution in [2.24, 2.45) is 11.3 Å². The van der Waals surface area contributed by atoms with E-state index in [0.29, 0.717) is 31.2 Å². The summed E-state index contributed by atoms with van der Waals surface area (Å²) in [6, 6.07) is 4.02. The van der Waals surface area contributed by atoms with Gasteiger partial charge in [-0.3, -0.25) is 4.79 Å². The Hall–Kier alpha value is -1.79. The molecule has 0 unspecified atom stereocenters. The van der Waals surface area contributed by atoms with Crippen LogP contribution in [0.15, 0.2) is 18.2 Å². The number of carbonyl (C=O) groups is 1. The van der Waals surface area contributed by atoms with E-state index < -0.39 is 11.9 Å². The van der Waals surface area contributed by atoms with Crippen LogP contribution in [-0.2, 0) is 11.0 Å². The first-order valence-corrected chi connectivity index (χ1v) is 8.76. The second kappa shape index (κ2) is 6.50. The number of pyridine rings is 1. The maximum Gasteiger partial charge on any atom is 0.433 e. The van der Waals surface area contributed by atoms with E-state index in [1.54, 1.807) is 6.07 Å². The number of alkyl halides is 3. The van der Waals surface area contributed by atoms with Gasteiger partial charge in [-0.05, 0) is 30.9 Å². The Morgan fingerprint density at radius 1 is 1.24 bits per heavy atom. The van der Waals surface area contributed by atoms with Gasteiger partial charge in [0.25, 0.3) is 0 Å². The van der Waals surface area contributed by atoms with E-state index in [2.05, 4.69) is 18.8 Å². The van der Waals surface area contributed by atoms with Crippen molar-refractivity contribution in [2.75, 3.05) is 31.1 Å². The summed E-state index contributed by atoms with van der Waals surface area (Å²) in [4.78, 5) is 19.9. The van der Waals surface area contributed by atoms with Gasteiger partial charge >= 0.3 is 6.18 Å². The lowest BCUT2D eigenvalue weighted by Gasteiger charge is -2.39. The van der Waals surface area contributed by atoms with Crippen LogP contribution in [0.25, 0.3) is 0 Å². The summed E-state index contributed by atoms with van der Waals surface area (Å²) < 4.78 is 38.5. The molecule has 0 aliphatic carbocycles. The molecule has 0 saturated carbocycles. The van der Waals surface area contributed by atoms with E-state index in [4.69, 9.17) is 0 Å². The molecule has 1 spiro atoms. The van der Waals surface area contributed by atoms with Crippen LogP contribution in [-0.4, -0.2) is 42.0 Å². The number of hydrogen-bond donors (Lipinski definition) is 0. The zero-order valence-electron chi connectivity index (χ0n) is 14.6. The summed E-state index contributed by atoms with van der Waals surface area (Å²) in [5.74, 6) is 1.01. The molecule has 7 heteroatoms. The first-order chi connectivity index (χ1) is 11.7. The summed E-state index contributed by atoms with van der Waals surface area (Å²) >= 11 is 0. The van der Waals surface area contributed by atoms with Gasteiger partial charge in [0.15, 0.2) is 0 Å². The van der Waals surface area contributed by atoms with Crippen LogP contribution in [0.1, 0.15) is 38.8 Å². The van der Waals surface area contributed by atoms with Gasteiger partial charge in [0.2, 0.25) is 5.91 Å². The SMILES string of the molecule is CC(C)CN1CC2(CCN(c3cccc(C(F)(F)F)n3)CC2)CC1=O. The fraction of sp³-hybridized carbons (Fsp3) is 0.667. The minimum atomic E-state index is -4.43. The van der Waals surface area contributed by atoms with Crippen LogP contribution in [0.5, 0.6) is 0 Å². The smallest absolute Gasteiger partial charge is 0.357 e. The lowest BCUT2D eigenvalue weighted by Crippen LogP contribution is -2.42. The van der Waals surface area contributed by atoms with Gasteiger partial charge in [-0.25, -0.2) is 4.98 Å². The molecule has 25 heavy (non-hydrogen) atoms. The first-order valence-electron chi connectivity index (χ1n) is 8.76.